The van der Waals surface area contributed by atoms with Gasteiger partial charge in [0.2, 0.25) is 10.0 Å². The molecular weight excluding hydrogens is 220 g/mol. The average Bonchev–Trinajstić information content (AvgIpc) is 2.16. The maximum Gasteiger partial charge on any atom is 0.321 e. The topological polar surface area (TPSA) is 98.5 Å². The highest BCUT2D eigenvalue weighted by Crippen LogP contribution is 2.13. The number of aliphatic carboxylic acids is 1. The van der Waals surface area contributed by atoms with Crippen molar-refractivity contribution in [2.24, 2.45) is 0 Å². The van der Waals surface area contributed by atoms with Crippen LogP contribution in [0.4, 0.5) is 0 Å². The quantitative estimate of drug-likeness (QED) is 0.723. The zero-order valence-electron chi connectivity index (χ0n) is 8.84. The van der Waals surface area contributed by atoms with Crippen LogP contribution in [0.2, 0.25) is 0 Å². The standard InChI is InChI=1S/C8H14N2O4S/c1-4-7(5-9)15(13,14)10(3)6(2)8(11)12/h6-7H,4H2,1-3H3,(H,11,12). The summed E-state index contributed by atoms with van der Waals surface area (Å²) in [6.07, 6.45) is 0.134. The predicted molar refractivity (Wildman–Crippen MR) is 53.5 cm³/mol. The van der Waals surface area contributed by atoms with Gasteiger partial charge in [-0.2, -0.15) is 9.57 Å². The van der Waals surface area contributed by atoms with Gasteiger partial charge in [0.05, 0.1) is 6.07 Å². The van der Waals surface area contributed by atoms with Gasteiger partial charge in [-0.05, 0) is 13.3 Å². The first-order chi connectivity index (χ1) is 6.78. The summed E-state index contributed by atoms with van der Waals surface area (Å²) in [5, 5.41) is 16.1. The highest BCUT2D eigenvalue weighted by molar-refractivity contribution is 7.90. The minimum Gasteiger partial charge on any atom is -0.480 e. The van der Waals surface area contributed by atoms with Crippen molar-refractivity contribution in [2.45, 2.75) is 31.6 Å². The molecule has 0 fully saturated rings. The molecule has 0 saturated carbocycles. The smallest absolute Gasteiger partial charge is 0.321 e. The fourth-order valence-electron chi connectivity index (χ4n) is 0.945. The van der Waals surface area contributed by atoms with Crippen LogP contribution < -0.4 is 0 Å². The third-order valence-electron chi connectivity index (χ3n) is 2.18. The molecule has 0 aromatic rings. The molecule has 0 aliphatic rings. The third-order valence-corrected chi connectivity index (χ3v) is 4.46. The van der Waals surface area contributed by atoms with E-state index < -0.39 is 27.3 Å². The highest BCUT2D eigenvalue weighted by atomic mass is 32.2. The second kappa shape index (κ2) is 5.09. The van der Waals surface area contributed by atoms with E-state index in [4.69, 9.17) is 10.4 Å². The summed E-state index contributed by atoms with van der Waals surface area (Å²) in [7, 11) is -2.69. The summed E-state index contributed by atoms with van der Waals surface area (Å²) in [5.74, 6) is -1.24. The number of nitrogens with zero attached hydrogens (tertiary/aromatic N) is 2. The molecule has 7 heteroatoms. The number of nitriles is 1. The van der Waals surface area contributed by atoms with E-state index in [2.05, 4.69) is 0 Å². The monoisotopic (exact) mass is 234 g/mol. The van der Waals surface area contributed by atoms with Crippen molar-refractivity contribution in [1.82, 2.24) is 4.31 Å². The SMILES string of the molecule is CCC(C#N)S(=O)(=O)N(C)C(C)C(=O)O. The first-order valence-corrected chi connectivity index (χ1v) is 5.88. The summed E-state index contributed by atoms with van der Waals surface area (Å²) >= 11 is 0. The predicted octanol–water partition coefficient (Wildman–Crippen LogP) is 0.0233. The number of sulfonamides is 1. The summed E-state index contributed by atoms with van der Waals surface area (Å²) in [6, 6.07) is 0.475. The van der Waals surface area contributed by atoms with Gasteiger partial charge in [-0.25, -0.2) is 8.42 Å². The molecule has 0 aromatic heterocycles. The molecule has 1 N–H and O–H groups in total. The minimum atomic E-state index is -3.85. The Morgan fingerprint density at radius 1 is 1.60 bits per heavy atom. The van der Waals surface area contributed by atoms with Crippen LogP contribution in [-0.2, 0) is 14.8 Å². The number of rotatable bonds is 5. The molecule has 0 aromatic carbocycles. The molecule has 2 atom stereocenters. The summed E-state index contributed by atoms with van der Waals surface area (Å²) < 4.78 is 24.1. The van der Waals surface area contributed by atoms with Gasteiger partial charge in [0.1, 0.15) is 6.04 Å². The van der Waals surface area contributed by atoms with Crippen molar-refractivity contribution in [3.8, 4) is 6.07 Å². The largest absolute Gasteiger partial charge is 0.480 e. The third kappa shape index (κ3) is 2.91. The number of carboxylic acid groups (broad SMARTS) is 1. The molecule has 0 spiro atoms. The van der Waals surface area contributed by atoms with Crippen LogP contribution in [0.5, 0.6) is 0 Å². The molecule has 0 radical (unpaired) electrons. The molecule has 0 rings (SSSR count). The number of carboxylic acids is 1. The molecule has 0 amide bonds. The van der Waals surface area contributed by atoms with Crippen LogP contribution >= 0.6 is 0 Å². The normalized spacial score (nSPS) is 15.7. The Morgan fingerprint density at radius 3 is 2.33 bits per heavy atom. The Balaban J connectivity index is 5.06. The summed E-state index contributed by atoms with van der Waals surface area (Å²) in [6.45, 7) is 2.81. The lowest BCUT2D eigenvalue weighted by Crippen LogP contribution is -2.44. The van der Waals surface area contributed by atoms with Crippen molar-refractivity contribution in [3.05, 3.63) is 0 Å². The maximum absolute atomic E-state index is 11.7. The van der Waals surface area contributed by atoms with Crippen molar-refractivity contribution in [2.75, 3.05) is 7.05 Å². The van der Waals surface area contributed by atoms with E-state index in [0.717, 1.165) is 7.05 Å². The van der Waals surface area contributed by atoms with E-state index in [1.165, 1.54) is 6.92 Å². The van der Waals surface area contributed by atoms with Crippen molar-refractivity contribution in [1.29, 1.82) is 5.26 Å². The van der Waals surface area contributed by atoms with Gasteiger partial charge in [0, 0.05) is 7.05 Å². The fourth-order valence-corrected chi connectivity index (χ4v) is 2.43. The van der Waals surface area contributed by atoms with Gasteiger partial charge in [-0.3, -0.25) is 4.79 Å². The molecule has 15 heavy (non-hydrogen) atoms. The van der Waals surface area contributed by atoms with Crippen LogP contribution in [0.3, 0.4) is 0 Å². The first kappa shape index (κ1) is 13.9. The van der Waals surface area contributed by atoms with E-state index in [0.29, 0.717) is 4.31 Å². The fraction of sp³-hybridized carbons (Fsp3) is 0.750. The van der Waals surface area contributed by atoms with Gasteiger partial charge in [-0.1, -0.05) is 6.92 Å². The van der Waals surface area contributed by atoms with Crippen LogP contribution in [0.25, 0.3) is 0 Å². The van der Waals surface area contributed by atoms with E-state index in [9.17, 15) is 13.2 Å². The summed E-state index contributed by atoms with van der Waals surface area (Å²) in [5.41, 5.74) is 0. The second-order valence-electron chi connectivity index (χ2n) is 3.10. The maximum atomic E-state index is 11.7. The van der Waals surface area contributed by atoms with Crippen LogP contribution in [0, 0.1) is 11.3 Å². The Bertz CT molecular complexity index is 371. The van der Waals surface area contributed by atoms with Crippen molar-refractivity contribution in [3.63, 3.8) is 0 Å². The first-order valence-electron chi connectivity index (χ1n) is 4.38. The number of carbonyl (C=O) groups is 1. The average molecular weight is 234 g/mol. The van der Waals surface area contributed by atoms with Crippen LogP contribution in [0.15, 0.2) is 0 Å². The number of likely N-dealkylation sites (N-methyl/N-ethyl adjacent to an activating group) is 1. The zero-order valence-corrected chi connectivity index (χ0v) is 9.65. The van der Waals surface area contributed by atoms with E-state index >= 15 is 0 Å². The molecule has 0 aliphatic heterocycles. The molecule has 86 valence electrons. The highest BCUT2D eigenvalue weighted by Gasteiger charge is 2.33. The van der Waals surface area contributed by atoms with Gasteiger partial charge in [0.15, 0.2) is 5.25 Å². The van der Waals surface area contributed by atoms with Gasteiger partial charge >= 0.3 is 5.97 Å². The van der Waals surface area contributed by atoms with Crippen LogP contribution in [-0.4, -0.2) is 42.1 Å². The van der Waals surface area contributed by atoms with Crippen molar-refractivity contribution < 1.29 is 18.3 Å². The molecule has 0 bridgehead atoms. The second-order valence-corrected chi connectivity index (χ2v) is 5.28. The van der Waals surface area contributed by atoms with Gasteiger partial charge in [-0.15, -0.1) is 0 Å². The Morgan fingerprint density at radius 2 is 2.07 bits per heavy atom. The lowest BCUT2D eigenvalue weighted by atomic mass is 10.4. The van der Waals surface area contributed by atoms with Gasteiger partial charge < -0.3 is 5.11 Å². The van der Waals surface area contributed by atoms with E-state index in [-0.39, 0.29) is 6.42 Å². The molecular formula is C8H14N2O4S. The van der Waals surface area contributed by atoms with E-state index in [1.54, 1.807) is 13.0 Å². The number of hydrogen-bond acceptors (Lipinski definition) is 4. The Labute approximate surface area is 89.2 Å². The molecule has 0 saturated heterocycles. The lowest BCUT2D eigenvalue weighted by Gasteiger charge is -2.22. The van der Waals surface area contributed by atoms with Gasteiger partial charge in [0.25, 0.3) is 0 Å². The molecule has 2 unspecified atom stereocenters. The molecule has 0 aliphatic carbocycles. The molecule has 6 nitrogen and oxygen atoms in total. The Kier molecular flexibility index (Phi) is 4.71. The Hall–Kier alpha value is -1.13. The lowest BCUT2D eigenvalue weighted by molar-refractivity contribution is -0.140. The van der Waals surface area contributed by atoms with Crippen molar-refractivity contribution >= 4 is 16.0 Å². The number of hydrogen-bond donors (Lipinski definition) is 1. The van der Waals surface area contributed by atoms with Crippen LogP contribution in [0.1, 0.15) is 20.3 Å². The summed E-state index contributed by atoms with van der Waals surface area (Å²) in [4.78, 5) is 10.6. The molecule has 0 heterocycles. The minimum absolute atomic E-state index is 0.134. The van der Waals surface area contributed by atoms with E-state index in [1.807, 2.05) is 0 Å². The zero-order chi connectivity index (χ0) is 12.2.